The van der Waals surface area contributed by atoms with E-state index in [1.807, 2.05) is 60.7 Å². The average Bonchev–Trinajstić information content (AvgIpc) is 3.32. The van der Waals surface area contributed by atoms with Gasteiger partial charge in [0, 0.05) is 23.5 Å². The highest BCUT2D eigenvalue weighted by molar-refractivity contribution is 7.89. The highest BCUT2D eigenvalue weighted by atomic mass is 32.2. The van der Waals surface area contributed by atoms with Crippen LogP contribution >= 0.6 is 11.3 Å². The first-order chi connectivity index (χ1) is 17.3. The number of rotatable bonds is 9. The van der Waals surface area contributed by atoms with Crippen LogP contribution in [-0.4, -0.2) is 31.1 Å². The molecule has 0 bridgehead atoms. The largest absolute Gasteiger partial charge is 0.366 e. The van der Waals surface area contributed by atoms with Gasteiger partial charge in [0.1, 0.15) is 5.00 Å². The standard InChI is InChI=1S/C27H25N3O4S2/c1-2-30(18-19-9-5-3-6-10-19)36(33,34)22-15-13-21(14-16-22)26(32)29-27-23(25(28)31)17-24(35-27)20-11-7-4-8-12-20/h3-17H,2,18H2,1H3,(H2,28,31)(H,29,32). The van der Waals surface area contributed by atoms with E-state index in [-0.39, 0.29) is 22.6 Å². The van der Waals surface area contributed by atoms with Crippen LogP contribution < -0.4 is 11.1 Å². The molecule has 0 saturated heterocycles. The molecule has 0 radical (unpaired) electrons. The normalized spacial score (nSPS) is 11.4. The Balaban J connectivity index is 1.53. The molecule has 1 heterocycles. The van der Waals surface area contributed by atoms with Gasteiger partial charge in [0.05, 0.1) is 10.5 Å². The summed E-state index contributed by atoms with van der Waals surface area (Å²) in [7, 11) is -3.75. The molecule has 3 N–H and O–H groups in total. The maximum atomic E-state index is 13.2. The van der Waals surface area contributed by atoms with Crippen molar-refractivity contribution in [1.82, 2.24) is 4.31 Å². The van der Waals surface area contributed by atoms with Crippen molar-refractivity contribution in [2.75, 3.05) is 11.9 Å². The van der Waals surface area contributed by atoms with E-state index in [0.717, 1.165) is 16.0 Å². The lowest BCUT2D eigenvalue weighted by atomic mass is 10.1. The summed E-state index contributed by atoms with van der Waals surface area (Å²) in [6.07, 6.45) is 0. The second-order valence-corrected chi connectivity index (χ2v) is 11.0. The smallest absolute Gasteiger partial charge is 0.256 e. The molecule has 7 nitrogen and oxygen atoms in total. The number of nitrogens with zero attached hydrogens (tertiary/aromatic N) is 1. The first-order valence-electron chi connectivity index (χ1n) is 11.2. The summed E-state index contributed by atoms with van der Waals surface area (Å²) >= 11 is 1.24. The summed E-state index contributed by atoms with van der Waals surface area (Å²) in [6, 6.07) is 26.2. The van der Waals surface area contributed by atoms with Crippen LogP contribution in [0.15, 0.2) is 95.9 Å². The summed E-state index contributed by atoms with van der Waals surface area (Å²) in [6.45, 7) is 2.33. The molecule has 9 heteroatoms. The zero-order valence-electron chi connectivity index (χ0n) is 19.5. The molecule has 0 aliphatic rings. The molecule has 4 rings (SSSR count). The molecule has 1 aromatic heterocycles. The Bertz CT molecular complexity index is 1470. The molecule has 3 aromatic carbocycles. The molecule has 4 aromatic rings. The second-order valence-electron chi connectivity index (χ2n) is 7.98. The number of carbonyl (C=O) groups excluding carboxylic acids is 2. The zero-order valence-corrected chi connectivity index (χ0v) is 21.2. The van der Waals surface area contributed by atoms with Gasteiger partial charge in [-0.1, -0.05) is 67.6 Å². The molecular weight excluding hydrogens is 494 g/mol. The van der Waals surface area contributed by atoms with Crippen molar-refractivity contribution in [3.05, 3.63) is 108 Å². The predicted molar refractivity (Wildman–Crippen MR) is 142 cm³/mol. The lowest BCUT2D eigenvalue weighted by Crippen LogP contribution is -2.30. The van der Waals surface area contributed by atoms with Crippen LogP contribution in [0, 0.1) is 0 Å². The van der Waals surface area contributed by atoms with E-state index in [4.69, 9.17) is 5.73 Å². The van der Waals surface area contributed by atoms with E-state index in [1.165, 1.54) is 39.9 Å². The zero-order chi connectivity index (χ0) is 25.7. The lowest BCUT2D eigenvalue weighted by molar-refractivity contribution is 0.100. The van der Waals surface area contributed by atoms with Gasteiger partial charge < -0.3 is 11.1 Å². The van der Waals surface area contributed by atoms with E-state index in [9.17, 15) is 18.0 Å². The molecule has 0 unspecified atom stereocenters. The van der Waals surface area contributed by atoms with Crippen LogP contribution in [0.25, 0.3) is 10.4 Å². The number of anilines is 1. The third kappa shape index (κ3) is 5.54. The van der Waals surface area contributed by atoms with Crippen LogP contribution in [0.4, 0.5) is 5.00 Å². The Morgan fingerprint density at radius 3 is 2.11 bits per heavy atom. The molecular formula is C27H25N3O4S2. The number of nitrogens with two attached hydrogens (primary N) is 1. The van der Waals surface area contributed by atoms with E-state index in [0.29, 0.717) is 11.5 Å². The predicted octanol–water partition coefficient (Wildman–Crippen LogP) is 4.98. The third-order valence-electron chi connectivity index (χ3n) is 5.59. The Kier molecular flexibility index (Phi) is 7.64. The molecule has 0 fully saturated rings. The number of sulfonamides is 1. The van der Waals surface area contributed by atoms with E-state index < -0.39 is 21.8 Å². The molecule has 0 atom stereocenters. The first kappa shape index (κ1) is 25.3. The number of hydrogen-bond acceptors (Lipinski definition) is 5. The maximum Gasteiger partial charge on any atom is 0.256 e. The summed E-state index contributed by atoms with van der Waals surface area (Å²) in [5.74, 6) is -1.12. The Morgan fingerprint density at radius 1 is 0.917 bits per heavy atom. The fourth-order valence-corrected chi connectivity index (χ4v) is 6.17. The number of carbonyl (C=O) groups is 2. The third-order valence-corrected chi connectivity index (χ3v) is 8.63. The topological polar surface area (TPSA) is 110 Å². The average molecular weight is 520 g/mol. The van der Waals surface area contributed by atoms with Gasteiger partial charge in [0.15, 0.2) is 0 Å². The minimum Gasteiger partial charge on any atom is -0.366 e. The Hall–Kier alpha value is -3.79. The fraction of sp³-hybridized carbons (Fsp3) is 0.111. The quantitative estimate of drug-likeness (QED) is 0.325. The molecule has 0 aliphatic carbocycles. The number of thiophene rings is 1. The van der Waals surface area contributed by atoms with Crippen LogP contribution in [0.1, 0.15) is 33.2 Å². The molecule has 2 amide bonds. The number of amides is 2. The van der Waals surface area contributed by atoms with Crippen molar-refractivity contribution in [2.24, 2.45) is 5.73 Å². The number of primary amides is 1. The summed E-state index contributed by atoms with van der Waals surface area (Å²) in [5.41, 5.74) is 7.78. The maximum absolute atomic E-state index is 13.2. The second kappa shape index (κ2) is 10.9. The van der Waals surface area contributed by atoms with Crippen LogP contribution in [-0.2, 0) is 16.6 Å². The molecule has 0 spiro atoms. The van der Waals surface area contributed by atoms with Crippen LogP contribution in [0.3, 0.4) is 0 Å². The van der Waals surface area contributed by atoms with Gasteiger partial charge in [-0.15, -0.1) is 11.3 Å². The minimum atomic E-state index is -3.75. The van der Waals surface area contributed by atoms with Crippen molar-refractivity contribution in [3.8, 4) is 10.4 Å². The van der Waals surface area contributed by atoms with Gasteiger partial charge in [0.2, 0.25) is 10.0 Å². The highest BCUT2D eigenvalue weighted by Crippen LogP contribution is 2.35. The van der Waals surface area contributed by atoms with Crippen LogP contribution in [0.2, 0.25) is 0 Å². The van der Waals surface area contributed by atoms with Crippen LogP contribution in [0.5, 0.6) is 0 Å². The van der Waals surface area contributed by atoms with E-state index >= 15 is 0 Å². The molecule has 184 valence electrons. The molecule has 36 heavy (non-hydrogen) atoms. The minimum absolute atomic E-state index is 0.0946. The van der Waals surface area contributed by atoms with Crippen molar-refractivity contribution < 1.29 is 18.0 Å². The van der Waals surface area contributed by atoms with Crippen molar-refractivity contribution in [2.45, 2.75) is 18.4 Å². The van der Waals surface area contributed by atoms with E-state index in [1.54, 1.807) is 13.0 Å². The van der Waals surface area contributed by atoms with Crippen molar-refractivity contribution in [3.63, 3.8) is 0 Å². The monoisotopic (exact) mass is 519 g/mol. The SMILES string of the molecule is CCN(Cc1ccccc1)S(=O)(=O)c1ccc(C(=O)Nc2sc(-c3ccccc3)cc2C(N)=O)cc1. The molecule has 0 aliphatic heterocycles. The van der Waals surface area contributed by atoms with E-state index in [2.05, 4.69) is 5.32 Å². The van der Waals surface area contributed by atoms with Crippen molar-refractivity contribution >= 4 is 38.2 Å². The van der Waals surface area contributed by atoms with Gasteiger partial charge in [-0.2, -0.15) is 4.31 Å². The summed E-state index contributed by atoms with van der Waals surface area (Å²) in [4.78, 5) is 25.8. The Morgan fingerprint density at radius 2 is 1.53 bits per heavy atom. The number of hydrogen-bond donors (Lipinski definition) is 2. The highest BCUT2D eigenvalue weighted by Gasteiger charge is 2.24. The summed E-state index contributed by atoms with van der Waals surface area (Å²) < 4.78 is 27.7. The first-order valence-corrected chi connectivity index (χ1v) is 13.5. The van der Waals surface area contributed by atoms with Crippen molar-refractivity contribution in [1.29, 1.82) is 0 Å². The Labute approximate surface area is 214 Å². The van der Waals surface area contributed by atoms with Gasteiger partial charge in [0.25, 0.3) is 11.8 Å². The number of benzene rings is 3. The lowest BCUT2D eigenvalue weighted by Gasteiger charge is -2.20. The van der Waals surface area contributed by atoms with Gasteiger partial charge in [-0.25, -0.2) is 8.42 Å². The van der Waals surface area contributed by atoms with Gasteiger partial charge >= 0.3 is 0 Å². The molecule has 0 saturated carbocycles. The van der Waals surface area contributed by atoms with Gasteiger partial charge in [-0.05, 0) is 41.5 Å². The summed E-state index contributed by atoms with van der Waals surface area (Å²) in [5, 5.41) is 3.08. The van der Waals surface area contributed by atoms with Gasteiger partial charge in [-0.3, -0.25) is 9.59 Å². The number of nitrogens with one attached hydrogen (secondary N) is 1. The fourth-order valence-electron chi connectivity index (χ4n) is 3.67.